The summed E-state index contributed by atoms with van der Waals surface area (Å²) in [4.78, 5) is 4.40. The first kappa shape index (κ1) is 9.43. The third kappa shape index (κ3) is 1.57. The van der Waals surface area contributed by atoms with Gasteiger partial charge in [0, 0.05) is 16.7 Å². The molecule has 0 amide bonds. The highest BCUT2D eigenvalue weighted by atomic mass is 35.5. The first-order valence-electron chi connectivity index (χ1n) is 4.94. The number of aromatic nitrogens is 1. The predicted octanol–water partition coefficient (Wildman–Crippen LogP) is 4.15. The van der Waals surface area contributed by atoms with Gasteiger partial charge in [-0.15, -0.1) is 0 Å². The van der Waals surface area contributed by atoms with Gasteiger partial charge in [-0.3, -0.25) is 0 Å². The van der Waals surface area contributed by atoms with Crippen LogP contribution in [-0.2, 0) is 0 Å². The van der Waals surface area contributed by atoms with Crippen LogP contribution in [0.4, 0.5) is 0 Å². The molecule has 0 aliphatic rings. The molecule has 3 rings (SSSR count). The van der Waals surface area contributed by atoms with Crippen molar-refractivity contribution in [3.8, 4) is 11.5 Å². The van der Waals surface area contributed by atoms with E-state index in [9.17, 15) is 0 Å². The van der Waals surface area contributed by atoms with Crippen molar-refractivity contribution in [2.24, 2.45) is 0 Å². The summed E-state index contributed by atoms with van der Waals surface area (Å²) in [6.45, 7) is 0. The molecule has 0 saturated carbocycles. The van der Waals surface area contributed by atoms with E-state index in [4.69, 9.17) is 16.0 Å². The molecule has 0 radical (unpaired) electrons. The van der Waals surface area contributed by atoms with Crippen LogP contribution in [0, 0.1) is 0 Å². The predicted molar refractivity (Wildman–Crippen MR) is 64.5 cm³/mol. The Morgan fingerprint density at radius 2 is 1.81 bits per heavy atom. The molecule has 0 aliphatic carbocycles. The van der Waals surface area contributed by atoms with Crippen molar-refractivity contribution in [1.82, 2.24) is 4.98 Å². The quantitative estimate of drug-likeness (QED) is 0.627. The first-order chi connectivity index (χ1) is 7.83. The number of rotatable bonds is 1. The fourth-order valence-electron chi connectivity index (χ4n) is 1.60. The van der Waals surface area contributed by atoms with Crippen molar-refractivity contribution < 1.29 is 4.42 Å². The molecule has 0 aliphatic heterocycles. The zero-order valence-electron chi connectivity index (χ0n) is 8.35. The van der Waals surface area contributed by atoms with E-state index >= 15 is 0 Å². The Kier molecular flexibility index (Phi) is 2.15. The standard InChI is InChI=1S/C13H8ClNO/c14-10-6-7-11-12(8-10)16-13(15-11)9-4-2-1-3-5-9/h1-8H. The molecule has 3 heteroatoms. The molecule has 0 N–H and O–H groups in total. The fraction of sp³-hybridized carbons (Fsp3) is 0. The Morgan fingerprint density at radius 1 is 1.00 bits per heavy atom. The van der Waals surface area contributed by atoms with Gasteiger partial charge in [0.2, 0.25) is 5.89 Å². The molecule has 0 atom stereocenters. The summed E-state index contributed by atoms with van der Waals surface area (Å²) in [5.74, 6) is 0.623. The second-order valence-corrected chi connectivity index (χ2v) is 3.93. The van der Waals surface area contributed by atoms with E-state index in [1.165, 1.54) is 0 Å². The highest BCUT2D eigenvalue weighted by molar-refractivity contribution is 6.31. The summed E-state index contributed by atoms with van der Waals surface area (Å²) < 4.78 is 5.64. The third-order valence-corrected chi connectivity index (χ3v) is 2.61. The summed E-state index contributed by atoms with van der Waals surface area (Å²) in [7, 11) is 0. The maximum absolute atomic E-state index is 5.89. The maximum atomic E-state index is 5.89. The van der Waals surface area contributed by atoms with Gasteiger partial charge in [0.1, 0.15) is 5.52 Å². The Bertz CT molecular complexity index is 631. The number of benzene rings is 2. The minimum Gasteiger partial charge on any atom is -0.436 e. The second kappa shape index (κ2) is 3.65. The number of hydrogen-bond acceptors (Lipinski definition) is 2. The summed E-state index contributed by atoms with van der Waals surface area (Å²) in [6.07, 6.45) is 0. The van der Waals surface area contributed by atoms with E-state index in [-0.39, 0.29) is 0 Å². The van der Waals surface area contributed by atoms with Crippen molar-refractivity contribution in [3.05, 3.63) is 53.6 Å². The van der Waals surface area contributed by atoms with Crippen LogP contribution in [0.25, 0.3) is 22.6 Å². The monoisotopic (exact) mass is 229 g/mol. The van der Waals surface area contributed by atoms with Crippen LogP contribution in [0.2, 0.25) is 5.02 Å². The van der Waals surface area contributed by atoms with Gasteiger partial charge in [0.15, 0.2) is 5.58 Å². The molecule has 0 unspecified atom stereocenters. The highest BCUT2D eigenvalue weighted by Crippen LogP contribution is 2.25. The molecule has 0 saturated heterocycles. The largest absolute Gasteiger partial charge is 0.436 e. The molecule has 0 fully saturated rings. The lowest BCUT2D eigenvalue weighted by Crippen LogP contribution is -1.74. The second-order valence-electron chi connectivity index (χ2n) is 3.50. The molecular formula is C13H8ClNO. The molecular weight excluding hydrogens is 222 g/mol. The number of halogens is 1. The van der Waals surface area contributed by atoms with Crippen LogP contribution in [-0.4, -0.2) is 4.98 Å². The van der Waals surface area contributed by atoms with E-state index in [2.05, 4.69) is 4.98 Å². The topological polar surface area (TPSA) is 26.0 Å². The van der Waals surface area contributed by atoms with Gasteiger partial charge in [-0.25, -0.2) is 4.98 Å². The normalized spacial score (nSPS) is 10.8. The Labute approximate surface area is 97.5 Å². The van der Waals surface area contributed by atoms with Crippen molar-refractivity contribution >= 4 is 22.7 Å². The fourth-order valence-corrected chi connectivity index (χ4v) is 1.76. The van der Waals surface area contributed by atoms with Gasteiger partial charge in [-0.1, -0.05) is 29.8 Å². The molecule has 2 nitrogen and oxygen atoms in total. The summed E-state index contributed by atoms with van der Waals surface area (Å²) in [5, 5.41) is 0.656. The van der Waals surface area contributed by atoms with E-state index in [1.54, 1.807) is 12.1 Å². The maximum Gasteiger partial charge on any atom is 0.227 e. The number of nitrogens with zero attached hydrogens (tertiary/aromatic N) is 1. The summed E-state index contributed by atoms with van der Waals surface area (Å²) in [5.41, 5.74) is 2.50. The lowest BCUT2D eigenvalue weighted by Gasteiger charge is -1.91. The van der Waals surface area contributed by atoms with Crippen LogP contribution in [0.1, 0.15) is 0 Å². The zero-order chi connectivity index (χ0) is 11.0. The van der Waals surface area contributed by atoms with Gasteiger partial charge in [0.25, 0.3) is 0 Å². The number of fused-ring (bicyclic) bond motifs is 1. The van der Waals surface area contributed by atoms with Gasteiger partial charge in [-0.2, -0.15) is 0 Å². The van der Waals surface area contributed by atoms with E-state index < -0.39 is 0 Å². The average molecular weight is 230 g/mol. The number of oxazole rings is 1. The Balaban J connectivity index is 2.19. The zero-order valence-corrected chi connectivity index (χ0v) is 9.11. The summed E-state index contributed by atoms with van der Waals surface area (Å²) in [6, 6.07) is 15.2. The molecule has 0 spiro atoms. The van der Waals surface area contributed by atoms with E-state index in [0.29, 0.717) is 16.5 Å². The lowest BCUT2D eigenvalue weighted by atomic mass is 10.2. The van der Waals surface area contributed by atoms with Crippen molar-refractivity contribution in [1.29, 1.82) is 0 Å². The van der Waals surface area contributed by atoms with Gasteiger partial charge < -0.3 is 4.42 Å². The molecule has 2 aromatic carbocycles. The minimum absolute atomic E-state index is 0.623. The molecule has 16 heavy (non-hydrogen) atoms. The van der Waals surface area contributed by atoms with Gasteiger partial charge in [-0.05, 0) is 24.3 Å². The van der Waals surface area contributed by atoms with Crippen molar-refractivity contribution in [2.75, 3.05) is 0 Å². The minimum atomic E-state index is 0.623. The van der Waals surface area contributed by atoms with Crippen molar-refractivity contribution in [2.45, 2.75) is 0 Å². The van der Waals surface area contributed by atoms with Crippen LogP contribution in [0.3, 0.4) is 0 Å². The number of hydrogen-bond donors (Lipinski definition) is 0. The third-order valence-electron chi connectivity index (χ3n) is 2.37. The van der Waals surface area contributed by atoms with Crippen molar-refractivity contribution in [3.63, 3.8) is 0 Å². The Hall–Kier alpha value is -1.80. The average Bonchev–Trinajstić information content (AvgIpc) is 2.73. The molecule has 0 bridgehead atoms. The molecule has 78 valence electrons. The van der Waals surface area contributed by atoms with Crippen LogP contribution < -0.4 is 0 Å². The van der Waals surface area contributed by atoms with Gasteiger partial charge in [0.05, 0.1) is 0 Å². The van der Waals surface area contributed by atoms with E-state index in [0.717, 1.165) is 11.1 Å². The molecule has 1 heterocycles. The lowest BCUT2D eigenvalue weighted by molar-refractivity contribution is 0.620. The van der Waals surface area contributed by atoms with Crippen LogP contribution in [0.5, 0.6) is 0 Å². The SMILES string of the molecule is Clc1ccc2nc(-c3ccccc3)oc2c1. The summed E-state index contributed by atoms with van der Waals surface area (Å²) >= 11 is 5.89. The van der Waals surface area contributed by atoms with Gasteiger partial charge >= 0.3 is 0 Å². The first-order valence-corrected chi connectivity index (χ1v) is 5.32. The highest BCUT2D eigenvalue weighted by Gasteiger charge is 2.07. The van der Waals surface area contributed by atoms with Crippen LogP contribution in [0.15, 0.2) is 52.9 Å². The van der Waals surface area contributed by atoms with Crippen LogP contribution >= 0.6 is 11.6 Å². The molecule has 1 aromatic heterocycles. The smallest absolute Gasteiger partial charge is 0.227 e. The molecule has 3 aromatic rings. The van der Waals surface area contributed by atoms with E-state index in [1.807, 2.05) is 36.4 Å². The Morgan fingerprint density at radius 3 is 2.62 bits per heavy atom.